The molecule has 0 radical (unpaired) electrons. The Morgan fingerprint density at radius 2 is 2.12 bits per heavy atom. The van der Waals surface area contributed by atoms with E-state index >= 15 is 0 Å². The van der Waals surface area contributed by atoms with Crippen LogP contribution in [-0.2, 0) is 6.54 Å². The van der Waals surface area contributed by atoms with Crippen LogP contribution < -0.4 is 14.8 Å². The quantitative estimate of drug-likeness (QED) is 0.830. The molecule has 1 aromatic heterocycles. The molecule has 2 heterocycles. The fraction of sp³-hybridized carbons (Fsp3) is 0.250. The SMILES string of the molecule is COc1ccc2c(c1OC)NCc1cn[nH]c1-2. The van der Waals surface area contributed by atoms with E-state index in [1.165, 1.54) is 0 Å². The summed E-state index contributed by atoms with van der Waals surface area (Å²) >= 11 is 0. The van der Waals surface area contributed by atoms with Crippen LogP contribution in [0.5, 0.6) is 11.5 Å². The minimum Gasteiger partial charge on any atom is -0.493 e. The Bertz CT molecular complexity index is 563. The molecule has 0 unspecified atom stereocenters. The molecule has 0 bridgehead atoms. The number of nitrogens with zero attached hydrogens (tertiary/aromatic N) is 1. The summed E-state index contributed by atoms with van der Waals surface area (Å²) in [5, 5.41) is 10.4. The molecule has 88 valence electrons. The maximum Gasteiger partial charge on any atom is 0.184 e. The van der Waals surface area contributed by atoms with E-state index in [1.54, 1.807) is 14.2 Å². The van der Waals surface area contributed by atoms with Crippen molar-refractivity contribution in [1.82, 2.24) is 10.2 Å². The first kappa shape index (κ1) is 10.0. The standard InChI is InChI=1S/C12H13N3O2/c1-16-9-4-3-8-10-7(6-14-15-10)5-13-11(8)12(9)17-2/h3-4,6,13H,5H2,1-2H3,(H,14,15). The second-order valence-electron chi connectivity index (χ2n) is 3.85. The molecule has 0 saturated carbocycles. The van der Waals surface area contributed by atoms with E-state index in [1.807, 2.05) is 18.3 Å². The lowest BCUT2D eigenvalue weighted by molar-refractivity contribution is 0.356. The third-order valence-corrected chi connectivity index (χ3v) is 2.99. The number of ether oxygens (including phenoxy) is 2. The first-order valence-corrected chi connectivity index (χ1v) is 5.36. The lowest BCUT2D eigenvalue weighted by Gasteiger charge is -2.21. The van der Waals surface area contributed by atoms with Gasteiger partial charge < -0.3 is 14.8 Å². The fourth-order valence-corrected chi connectivity index (χ4v) is 2.17. The summed E-state index contributed by atoms with van der Waals surface area (Å²) in [6.07, 6.45) is 1.84. The molecule has 0 atom stereocenters. The van der Waals surface area contributed by atoms with Gasteiger partial charge in [-0.25, -0.2) is 0 Å². The van der Waals surface area contributed by atoms with Crippen molar-refractivity contribution in [1.29, 1.82) is 0 Å². The summed E-state index contributed by atoms with van der Waals surface area (Å²) in [7, 11) is 3.27. The topological polar surface area (TPSA) is 59.2 Å². The summed E-state index contributed by atoms with van der Waals surface area (Å²) in [4.78, 5) is 0. The molecule has 0 aliphatic carbocycles. The third kappa shape index (κ3) is 1.35. The van der Waals surface area contributed by atoms with E-state index < -0.39 is 0 Å². The van der Waals surface area contributed by atoms with Crippen LogP contribution in [0.25, 0.3) is 11.3 Å². The van der Waals surface area contributed by atoms with E-state index in [2.05, 4.69) is 15.5 Å². The highest BCUT2D eigenvalue weighted by Gasteiger charge is 2.22. The molecule has 1 aliphatic heterocycles. The molecule has 1 aliphatic rings. The van der Waals surface area contributed by atoms with Gasteiger partial charge in [0.1, 0.15) is 0 Å². The number of aromatic nitrogens is 2. The van der Waals surface area contributed by atoms with Crippen LogP contribution in [0.4, 0.5) is 5.69 Å². The second-order valence-corrected chi connectivity index (χ2v) is 3.85. The van der Waals surface area contributed by atoms with Gasteiger partial charge in [-0.1, -0.05) is 0 Å². The third-order valence-electron chi connectivity index (χ3n) is 2.99. The number of methoxy groups -OCH3 is 2. The minimum absolute atomic E-state index is 0.724. The van der Waals surface area contributed by atoms with Crippen molar-refractivity contribution in [2.75, 3.05) is 19.5 Å². The Labute approximate surface area is 98.8 Å². The van der Waals surface area contributed by atoms with Gasteiger partial charge in [-0.3, -0.25) is 5.10 Å². The predicted molar refractivity (Wildman–Crippen MR) is 64.5 cm³/mol. The maximum absolute atomic E-state index is 5.40. The van der Waals surface area contributed by atoms with Crippen molar-refractivity contribution >= 4 is 5.69 Å². The molecule has 2 aromatic rings. The molecule has 17 heavy (non-hydrogen) atoms. The van der Waals surface area contributed by atoms with Gasteiger partial charge in [0.15, 0.2) is 11.5 Å². The highest BCUT2D eigenvalue weighted by atomic mass is 16.5. The number of rotatable bonds is 2. The van der Waals surface area contributed by atoms with Gasteiger partial charge in [0.2, 0.25) is 0 Å². The zero-order chi connectivity index (χ0) is 11.8. The van der Waals surface area contributed by atoms with Crippen LogP contribution in [0.2, 0.25) is 0 Å². The molecule has 0 fully saturated rings. The van der Waals surface area contributed by atoms with Gasteiger partial charge >= 0.3 is 0 Å². The van der Waals surface area contributed by atoms with Crippen LogP contribution >= 0.6 is 0 Å². The van der Waals surface area contributed by atoms with Gasteiger partial charge in [-0.05, 0) is 12.1 Å². The van der Waals surface area contributed by atoms with Crippen molar-refractivity contribution in [2.45, 2.75) is 6.54 Å². The van der Waals surface area contributed by atoms with E-state index in [4.69, 9.17) is 9.47 Å². The van der Waals surface area contributed by atoms with Gasteiger partial charge in [0.25, 0.3) is 0 Å². The van der Waals surface area contributed by atoms with Crippen molar-refractivity contribution in [3.63, 3.8) is 0 Å². The molecular formula is C12H13N3O2. The number of H-pyrrole nitrogens is 1. The fourth-order valence-electron chi connectivity index (χ4n) is 2.17. The van der Waals surface area contributed by atoms with E-state index in [0.29, 0.717) is 0 Å². The average molecular weight is 231 g/mol. The molecule has 2 N–H and O–H groups in total. The van der Waals surface area contributed by atoms with Crippen molar-refractivity contribution in [3.8, 4) is 22.8 Å². The summed E-state index contributed by atoms with van der Waals surface area (Å²) < 4.78 is 10.7. The number of nitrogens with one attached hydrogen (secondary N) is 2. The molecule has 0 spiro atoms. The first-order chi connectivity index (χ1) is 8.35. The molecular weight excluding hydrogens is 218 g/mol. The number of hydrogen-bond donors (Lipinski definition) is 2. The number of benzene rings is 1. The Balaban J connectivity index is 2.24. The maximum atomic E-state index is 5.40. The van der Waals surface area contributed by atoms with Crippen LogP contribution in [-0.4, -0.2) is 24.4 Å². The van der Waals surface area contributed by atoms with Crippen LogP contribution in [0.1, 0.15) is 5.56 Å². The van der Waals surface area contributed by atoms with Gasteiger partial charge in [0, 0.05) is 17.7 Å². The number of hydrogen-bond acceptors (Lipinski definition) is 4. The molecule has 3 rings (SSSR count). The predicted octanol–water partition coefficient (Wildman–Crippen LogP) is 2.02. The lowest BCUT2D eigenvalue weighted by Crippen LogP contribution is -2.09. The average Bonchev–Trinajstić information content (AvgIpc) is 2.85. The lowest BCUT2D eigenvalue weighted by atomic mass is 10.0. The Morgan fingerprint density at radius 3 is 2.88 bits per heavy atom. The Kier molecular flexibility index (Phi) is 2.18. The normalized spacial score (nSPS) is 12.4. The number of aromatic amines is 1. The summed E-state index contributed by atoms with van der Waals surface area (Å²) in [5.74, 6) is 1.45. The molecule has 5 heteroatoms. The van der Waals surface area contributed by atoms with Gasteiger partial charge in [0.05, 0.1) is 31.8 Å². The number of anilines is 1. The van der Waals surface area contributed by atoms with E-state index in [-0.39, 0.29) is 0 Å². The van der Waals surface area contributed by atoms with Gasteiger partial charge in [-0.15, -0.1) is 0 Å². The van der Waals surface area contributed by atoms with E-state index in [0.717, 1.165) is 40.6 Å². The smallest absolute Gasteiger partial charge is 0.184 e. The minimum atomic E-state index is 0.724. The summed E-state index contributed by atoms with van der Waals surface area (Å²) in [6.45, 7) is 0.738. The van der Waals surface area contributed by atoms with Crippen molar-refractivity contribution < 1.29 is 9.47 Å². The molecule has 1 aromatic carbocycles. The van der Waals surface area contributed by atoms with Crippen LogP contribution in [0, 0.1) is 0 Å². The van der Waals surface area contributed by atoms with E-state index in [9.17, 15) is 0 Å². The zero-order valence-corrected chi connectivity index (χ0v) is 9.70. The monoisotopic (exact) mass is 231 g/mol. The van der Waals surface area contributed by atoms with Crippen LogP contribution in [0.3, 0.4) is 0 Å². The summed E-state index contributed by atoms with van der Waals surface area (Å²) in [5.41, 5.74) is 4.20. The largest absolute Gasteiger partial charge is 0.493 e. The highest BCUT2D eigenvalue weighted by molar-refractivity contribution is 5.86. The van der Waals surface area contributed by atoms with Gasteiger partial charge in [-0.2, -0.15) is 5.10 Å². The van der Waals surface area contributed by atoms with Crippen molar-refractivity contribution in [3.05, 3.63) is 23.9 Å². The van der Waals surface area contributed by atoms with Crippen LogP contribution in [0.15, 0.2) is 18.3 Å². The Morgan fingerprint density at radius 1 is 1.24 bits per heavy atom. The summed E-state index contributed by atoms with van der Waals surface area (Å²) in [6, 6.07) is 3.90. The van der Waals surface area contributed by atoms with Crippen molar-refractivity contribution in [2.24, 2.45) is 0 Å². The first-order valence-electron chi connectivity index (χ1n) is 5.36. The zero-order valence-electron chi connectivity index (χ0n) is 9.70. The second kappa shape index (κ2) is 3.69. The molecule has 0 saturated heterocycles. The Hall–Kier alpha value is -2.17. The molecule has 0 amide bonds. The number of fused-ring (bicyclic) bond motifs is 3. The molecule has 5 nitrogen and oxygen atoms in total. The highest BCUT2D eigenvalue weighted by Crippen LogP contribution is 2.45.